The summed E-state index contributed by atoms with van der Waals surface area (Å²) in [5, 5.41) is 0.745. The van der Waals surface area contributed by atoms with Gasteiger partial charge in [0, 0.05) is 49.9 Å². The minimum absolute atomic E-state index is 0.0172. The quantitative estimate of drug-likeness (QED) is 0.323. The summed E-state index contributed by atoms with van der Waals surface area (Å²) in [6.45, 7) is 7.29. The Labute approximate surface area is 258 Å². The first kappa shape index (κ1) is 31.4. The van der Waals surface area contributed by atoms with Crippen molar-refractivity contribution in [3.63, 3.8) is 0 Å². The van der Waals surface area contributed by atoms with Crippen molar-refractivity contribution in [2.45, 2.75) is 38.8 Å². The van der Waals surface area contributed by atoms with E-state index in [2.05, 4.69) is 41.3 Å². The van der Waals surface area contributed by atoms with E-state index in [4.69, 9.17) is 22.1 Å². The van der Waals surface area contributed by atoms with Crippen molar-refractivity contribution in [2.75, 3.05) is 52.4 Å². The van der Waals surface area contributed by atoms with Gasteiger partial charge in [0.25, 0.3) is 0 Å². The maximum absolute atomic E-state index is 14.6. The number of piperazine rings is 1. The molecule has 9 heteroatoms. The van der Waals surface area contributed by atoms with Crippen LogP contribution in [0.4, 0.5) is 8.78 Å². The number of piperidine rings is 1. The van der Waals surface area contributed by atoms with E-state index in [0.717, 1.165) is 50.0 Å². The van der Waals surface area contributed by atoms with Crippen LogP contribution < -0.4 is 10.5 Å². The molecule has 6 nitrogen and oxygen atoms in total. The number of likely N-dealkylation sites (tertiary alicyclic amines) is 1. The fourth-order valence-corrected chi connectivity index (χ4v) is 6.45. The zero-order valence-corrected chi connectivity index (χ0v) is 25.5. The number of benzene rings is 3. The highest BCUT2D eigenvalue weighted by Gasteiger charge is 2.33. The molecule has 5 rings (SSSR count). The molecule has 3 aromatic carbocycles. The Morgan fingerprint density at radius 2 is 1.70 bits per heavy atom. The lowest BCUT2D eigenvalue weighted by atomic mass is 9.88. The number of hydrogen-bond acceptors (Lipinski definition) is 5. The second-order valence-electron chi connectivity index (χ2n) is 11.5. The van der Waals surface area contributed by atoms with E-state index in [1.807, 2.05) is 28.9 Å². The van der Waals surface area contributed by atoms with Gasteiger partial charge in [-0.05, 0) is 86.1 Å². The summed E-state index contributed by atoms with van der Waals surface area (Å²) in [4.78, 5) is 19.6. The molecule has 2 aliphatic rings. The predicted octanol–water partition coefficient (Wildman–Crippen LogP) is 5.61. The lowest BCUT2D eigenvalue weighted by molar-refractivity contribution is -0.136. The maximum atomic E-state index is 14.6. The van der Waals surface area contributed by atoms with Crippen LogP contribution in [0.1, 0.15) is 30.9 Å². The molecule has 2 aliphatic heterocycles. The Balaban J connectivity index is 1.09. The number of carbonyl (C=O) groups excluding carboxylic acids is 1. The van der Waals surface area contributed by atoms with Crippen LogP contribution in [-0.4, -0.2) is 79.1 Å². The van der Waals surface area contributed by atoms with Crippen molar-refractivity contribution in [3.05, 3.63) is 88.4 Å². The second kappa shape index (κ2) is 14.6. The highest BCUT2D eigenvalue weighted by molar-refractivity contribution is 6.30. The van der Waals surface area contributed by atoms with E-state index in [1.165, 1.54) is 22.8 Å². The molecule has 0 aromatic heterocycles. The van der Waals surface area contributed by atoms with E-state index in [0.29, 0.717) is 38.5 Å². The van der Waals surface area contributed by atoms with E-state index in [-0.39, 0.29) is 23.9 Å². The highest BCUT2D eigenvalue weighted by atomic mass is 35.5. The minimum atomic E-state index is -0.884. The maximum Gasteiger partial charge on any atom is 0.239 e. The SMILES string of the molecule is CCOc1ccc(F)c(F)c1CN1CCN(C(=O)[C@H](N)C2CCN(CCc3cc(Cl)ccc3-c3ccccc3)CC2)CC1. The van der Waals surface area contributed by atoms with Gasteiger partial charge >= 0.3 is 0 Å². The molecule has 3 aromatic rings. The molecule has 0 radical (unpaired) electrons. The first-order valence-electron chi connectivity index (χ1n) is 15.3. The van der Waals surface area contributed by atoms with Gasteiger partial charge in [-0.25, -0.2) is 8.78 Å². The van der Waals surface area contributed by atoms with Gasteiger partial charge in [-0.3, -0.25) is 9.69 Å². The lowest BCUT2D eigenvalue weighted by Crippen LogP contribution is -2.55. The Hall–Kier alpha value is -3.04. The minimum Gasteiger partial charge on any atom is -0.493 e. The molecule has 0 unspecified atom stereocenters. The molecular formula is C34H41ClF2N4O2. The van der Waals surface area contributed by atoms with Crippen LogP contribution in [0.5, 0.6) is 5.75 Å². The number of hydrogen-bond donors (Lipinski definition) is 1. The number of halogens is 3. The third-order valence-corrected chi connectivity index (χ3v) is 9.03. The van der Waals surface area contributed by atoms with Crippen LogP contribution in [0.2, 0.25) is 5.02 Å². The van der Waals surface area contributed by atoms with Crippen molar-refractivity contribution < 1.29 is 18.3 Å². The molecule has 0 bridgehead atoms. The van der Waals surface area contributed by atoms with Crippen molar-refractivity contribution in [2.24, 2.45) is 11.7 Å². The molecular weight excluding hydrogens is 570 g/mol. The molecule has 1 atom stereocenters. The van der Waals surface area contributed by atoms with Crippen molar-refractivity contribution >= 4 is 17.5 Å². The molecule has 2 heterocycles. The third kappa shape index (κ3) is 7.73. The molecule has 2 saturated heterocycles. The Morgan fingerprint density at radius 1 is 0.977 bits per heavy atom. The average molecular weight is 611 g/mol. The number of nitrogens with two attached hydrogens (primary N) is 1. The second-order valence-corrected chi connectivity index (χ2v) is 11.9. The standard InChI is InChI=1S/C34H41ClF2N4O2/c1-2-43-31-11-10-30(36)32(37)29(31)23-40-18-20-41(21-19-40)34(42)33(38)25-12-15-39(16-13-25)17-14-26-22-27(35)8-9-28(26)24-6-4-3-5-7-24/h3-11,22,25,33H,2,12-21,23,38H2,1H3/t33-/m1/s1. The zero-order valence-electron chi connectivity index (χ0n) is 24.8. The van der Waals surface area contributed by atoms with Crippen LogP contribution in [0.25, 0.3) is 11.1 Å². The van der Waals surface area contributed by atoms with Crippen molar-refractivity contribution in [1.29, 1.82) is 0 Å². The van der Waals surface area contributed by atoms with Crippen molar-refractivity contribution in [3.8, 4) is 16.9 Å². The summed E-state index contributed by atoms with van der Waals surface area (Å²) in [6.07, 6.45) is 2.66. The highest BCUT2D eigenvalue weighted by Crippen LogP contribution is 2.29. The van der Waals surface area contributed by atoms with Gasteiger partial charge < -0.3 is 20.3 Å². The lowest BCUT2D eigenvalue weighted by Gasteiger charge is -2.39. The normalized spacial score (nSPS) is 17.7. The van der Waals surface area contributed by atoms with E-state index in [1.54, 1.807) is 0 Å². The number of nitrogens with zero attached hydrogens (tertiary/aromatic N) is 3. The van der Waals surface area contributed by atoms with Gasteiger partial charge in [-0.15, -0.1) is 0 Å². The molecule has 0 aliphatic carbocycles. The molecule has 2 N–H and O–H groups in total. The molecule has 0 spiro atoms. The molecule has 230 valence electrons. The van der Waals surface area contributed by atoms with Gasteiger partial charge in [-0.1, -0.05) is 48.0 Å². The van der Waals surface area contributed by atoms with E-state index < -0.39 is 17.7 Å². The van der Waals surface area contributed by atoms with Gasteiger partial charge in [0.15, 0.2) is 11.6 Å². The molecule has 2 fully saturated rings. The average Bonchev–Trinajstić information content (AvgIpc) is 3.04. The topological polar surface area (TPSA) is 62.0 Å². The predicted molar refractivity (Wildman–Crippen MR) is 167 cm³/mol. The van der Waals surface area contributed by atoms with E-state index >= 15 is 0 Å². The largest absolute Gasteiger partial charge is 0.493 e. The van der Waals surface area contributed by atoms with E-state index in [9.17, 15) is 13.6 Å². The summed E-state index contributed by atoms with van der Waals surface area (Å²) in [5.74, 6) is -1.27. The number of amides is 1. The summed E-state index contributed by atoms with van der Waals surface area (Å²) >= 11 is 6.35. The van der Waals surface area contributed by atoms with Crippen LogP contribution >= 0.6 is 11.6 Å². The Morgan fingerprint density at radius 3 is 2.40 bits per heavy atom. The van der Waals surface area contributed by atoms with Gasteiger partial charge in [-0.2, -0.15) is 0 Å². The first-order valence-corrected chi connectivity index (χ1v) is 15.6. The van der Waals surface area contributed by atoms with Gasteiger partial charge in [0.1, 0.15) is 5.75 Å². The molecule has 0 saturated carbocycles. The Bertz CT molecular complexity index is 1380. The third-order valence-electron chi connectivity index (χ3n) is 8.79. The number of carbonyl (C=O) groups is 1. The fraction of sp³-hybridized carbons (Fsp3) is 0.441. The monoisotopic (exact) mass is 610 g/mol. The van der Waals surface area contributed by atoms with Crippen molar-refractivity contribution in [1.82, 2.24) is 14.7 Å². The number of rotatable bonds is 10. The summed E-state index contributed by atoms with van der Waals surface area (Å²) in [6, 6.07) is 18.5. The Kier molecular flexibility index (Phi) is 10.7. The first-order chi connectivity index (χ1) is 20.8. The van der Waals surface area contributed by atoms with Crippen LogP contribution in [0.3, 0.4) is 0 Å². The van der Waals surface area contributed by atoms with Crippen LogP contribution in [0.15, 0.2) is 60.7 Å². The van der Waals surface area contributed by atoms with Crippen LogP contribution in [0, 0.1) is 17.6 Å². The van der Waals surface area contributed by atoms with Gasteiger partial charge in [0.2, 0.25) is 5.91 Å². The summed E-state index contributed by atoms with van der Waals surface area (Å²) in [5.41, 5.74) is 10.4. The van der Waals surface area contributed by atoms with Crippen LogP contribution in [-0.2, 0) is 17.8 Å². The summed E-state index contributed by atoms with van der Waals surface area (Å²) in [7, 11) is 0. The molecule has 43 heavy (non-hydrogen) atoms. The fourth-order valence-electron chi connectivity index (χ4n) is 6.26. The zero-order chi connectivity index (χ0) is 30.3. The number of ether oxygens (including phenoxy) is 1. The van der Waals surface area contributed by atoms with Gasteiger partial charge in [0.05, 0.1) is 12.6 Å². The smallest absolute Gasteiger partial charge is 0.239 e. The summed E-state index contributed by atoms with van der Waals surface area (Å²) < 4.78 is 34.0. The molecule has 1 amide bonds.